The Balaban J connectivity index is 2.17. The first-order chi connectivity index (χ1) is 13.5. The number of benzene rings is 2. The molecule has 0 amide bonds. The van der Waals surface area contributed by atoms with E-state index in [2.05, 4.69) is 10.2 Å². The van der Waals surface area contributed by atoms with Crippen molar-refractivity contribution >= 4 is 0 Å². The van der Waals surface area contributed by atoms with E-state index >= 15 is 0 Å². The number of halogens is 3. The van der Waals surface area contributed by atoms with Gasteiger partial charge in [-0.15, -0.1) is 0 Å². The van der Waals surface area contributed by atoms with Gasteiger partial charge in [-0.25, -0.2) is 0 Å². The minimum atomic E-state index is -4.43. The molecule has 1 aliphatic rings. The van der Waals surface area contributed by atoms with Crippen molar-refractivity contribution in [3.63, 3.8) is 0 Å². The largest absolute Gasteiger partial charge is 0.497 e. The van der Waals surface area contributed by atoms with Crippen molar-refractivity contribution in [3.8, 4) is 11.5 Å². The molecule has 1 atom stereocenters. The van der Waals surface area contributed by atoms with E-state index in [-0.39, 0.29) is 5.56 Å². The topological polar surface area (TPSA) is 33.7 Å². The monoisotopic (exact) mass is 394 g/mol. The summed E-state index contributed by atoms with van der Waals surface area (Å²) in [7, 11) is 3.07. The zero-order chi connectivity index (χ0) is 20.1. The smallest absolute Gasteiger partial charge is 0.416 e. The van der Waals surface area contributed by atoms with Crippen molar-refractivity contribution in [2.45, 2.75) is 18.6 Å². The molecule has 3 rings (SSSR count). The lowest BCUT2D eigenvalue weighted by Crippen LogP contribution is -2.34. The summed E-state index contributed by atoms with van der Waals surface area (Å²) in [6, 6.07) is 10.5. The molecule has 0 radical (unpaired) electrons. The van der Waals surface area contributed by atoms with Gasteiger partial charge in [0.05, 0.1) is 25.8 Å². The minimum absolute atomic E-state index is 0.236. The van der Waals surface area contributed by atoms with Gasteiger partial charge >= 0.3 is 6.18 Å². The van der Waals surface area contributed by atoms with Crippen LogP contribution in [0.15, 0.2) is 42.5 Å². The van der Waals surface area contributed by atoms with E-state index < -0.39 is 17.8 Å². The third kappa shape index (κ3) is 4.42. The van der Waals surface area contributed by atoms with Gasteiger partial charge in [0.1, 0.15) is 11.5 Å². The van der Waals surface area contributed by atoms with E-state index in [0.717, 1.165) is 25.6 Å². The quantitative estimate of drug-likeness (QED) is 0.828. The number of rotatable bonds is 5. The fourth-order valence-electron chi connectivity index (χ4n) is 3.72. The molecule has 0 saturated carbocycles. The van der Waals surface area contributed by atoms with Crippen LogP contribution < -0.4 is 14.8 Å². The Hall–Kier alpha value is -2.25. The molecule has 1 N–H and O–H groups in total. The van der Waals surface area contributed by atoms with Crippen LogP contribution in [0.25, 0.3) is 0 Å². The Kier molecular flexibility index (Phi) is 6.46. The molecule has 1 heterocycles. The van der Waals surface area contributed by atoms with E-state index in [9.17, 15) is 13.2 Å². The lowest BCUT2D eigenvalue weighted by molar-refractivity contribution is -0.138. The minimum Gasteiger partial charge on any atom is -0.497 e. The Morgan fingerprint density at radius 2 is 1.75 bits per heavy atom. The molecule has 0 aliphatic carbocycles. The summed E-state index contributed by atoms with van der Waals surface area (Å²) >= 11 is 0. The number of nitrogens with one attached hydrogen (secondary N) is 1. The van der Waals surface area contributed by atoms with Crippen LogP contribution in [0, 0.1) is 0 Å². The predicted octanol–water partition coefficient (Wildman–Crippen LogP) is 4.11. The van der Waals surface area contributed by atoms with Gasteiger partial charge in [0, 0.05) is 31.3 Å². The standard InChI is InChI=1S/C21H25F3N2O2/c1-27-15-8-9-17(19(14-15)28-2)20(26-12-5-10-25-11-13-26)16-6-3-4-7-18(16)21(22,23)24/h3-4,6-9,14,20,25H,5,10-13H2,1-2H3. The first kappa shape index (κ1) is 20.5. The molecular formula is C21H25F3N2O2. The van der Waals surface area contributed by atoms with Gasteiger partial charge in [0.25, 0.3) is 0 Å². The zero-order valence-electron chi connectivity index (χ0n) is 16.1. The van der Waals surface area contributed by atoms with Crippen LogP contribution in [-0.4, -0.2) is 45.3 Å². The summed E-state index contributed by atoms with van der Waals surface area (Å²) in [5.74, 6) is 1.11. The molecule has 0 spiro atoms. The summed E-state index contributed by atoms with van der Waals surface area (Å²) in [6.07, 6.45) is -3.57. The Morgan fingerprint density at radius 1 is 0.964 bits per heavy atom. The van der Waals surface area contributed by atoms with Crippen LogP contribution in [0.2, 0.25) is 0 Å². The molecule has 4 nitrogen and oxygen atoms in total. The van der Waals surface area contributed by atoms with Crippen LogP contribution in [0.1, 0.15) is 29.2 Å². The van der Waals surface area contributed by atoms with Crippen molar-refractivity contribution in [1.29, 1.82) is 0 Å². The summed E-state index contributed by atoms with van der Waals surface area (Å²) in [6.45, 7) is 2.91. The number of nitrogens with zero attached hydrogens (tertiary/aromatic N) is 1. The predicted molar refractivity (Wildman–Crippen MR) is 102 cm³/mol. The molecule has 152 valence electrons. The Morgan fingerprint density at radius 3 is 2.46 bits per heavy atom. The molecular weight excluding hydrogens is 369 g/mol. The molecule has 2 aromatic carbocycles. The van der Waals surface area contributed by atoms with Crippen LogP contribution in [-0.2, 0) is 6.18 Å². The van der Waals surface area contributed by atoms with E-state index in [1.807, 2.05) is 0 Å². The second-order valence-electron chi connectivity index (χ2n) is 6.73. The molecule has 0 aromatic heterocycles. The first-order valence-electron chi connectivity index (χ1n) is 9.28. The molecule has 2 aromatic rings. The van der Waals surface area contributed by atoms with Gasteiger partial charge in [0.15, 0.2) is 0 Å². The molecule has 1 aliphatic heterocycles. The van der Waals surface area contributed by atoms with Crippen molar-refractivity contribution < 1.29 is 22.6 Å². The van der Waals surface area contributed by atoms with Gasteiger partial charge in [0.2, 0.25) is 0 Å². The maximum absolute atomic E-state index is 13.8. The molecule has 1 unspecified atom stereocenters. The molecule has 7 heteroatoms. The van der Waals surface area contributed by atoms with Crippen molar-refractivity contribution in [3.05, 3.63) is 59.2 Å². The number of hydrogen-bond acceptors (Lipinski definition) is 4. The molecule has 1 saturated heterocycles. The van der Waals surface area contributed by atoms with E-state index in [1.54, 1.807) is 37.4 Å². The SMILES string of the molecule is COc1ccc(C(c2ccccc2C(F)(F)F)N2CCCNCC2)c(OC)c1. The molecule has 0 bridgehead atoms. The molecule has 28 heavy (non-hydrogen) atoms. The van der Waals surface area contributed by atoms with E-state index in [4.69, 9.17) is 9.47 Å². The normalized spacial score (nSPS) is 17.0. The zero-order valence-corrected chi connectivity index (χ0v) is 16.1. The first-order valence-corrected chi connectivity index (χ1v) is 9.28. The van der Waals surface area contributed by atoms with Gasteiger partial charge in [-0.3, -0.25) is 4.90 Å². The fourth-order valence-corrected chi connectivity index (χ4v) is 3.72. The Labute approximate surface area is 163 Å². The van der Waals surface area contributed by atoms with Crippen LogP contribution in [0.5, 0.6) is 11.5 Å². The van der Waals surface area contributed by atoms with Crippen LogP contribution in [0.3, 0.4) is 0 Å². The summed E-state index contributed by atoms with van der Waals surface area (Å²) in [4.78, 5) is 2.09. The number of ether oxygens (including phenoxy) is 2. The van der Waals surface area contributed by atoms with Gasteiger partial charge in [-0.05, 0) is 36.7 Å². The fraction of sp³-hybridized carbons (Fsp3) is 0.429. The second-order valence-corrected chi connectivity index (χ2v) is 6.73. The van der Waals surface area contributed by atoms with Crippen LogP contribution in [0.4, 0.5) is 13.2 Å². The van der Waals surface area contributed by atoms with Crippen molar-refractivity contribution in [2.75, 3.05) is 40.4 Å². The maximum Gasteiger partial charge on any atom is 0.416 e. The third-order valence-electron chi connectivity index (χ3n) is 5.04. The number of alkyl halides is 3. The Bertz CT molecular complexity index is 787. The van der Waals surface area contributed by atoms with E-state index in [0.29, 0.717) is 30.2 Å². The highest BCUT2D eigenvalue weighted by Crippen LogP contribution is 2.42. The third-order valence-corrected chi connectivity index (χ3v) is 5.04. The van der Waals surface area contributed by atoms with Gasteiger partial charge in [-0.2, -0.15) is 13.2 Å². The maximum atomic E-state index is 13.8. The number of hydrogen-bond donors (Lipinski definition) is 1. The summed E-state index contributed by atoms with van der Waals surface area (Å²) in [5, 5.41) is 3.31. The second kappa shape index (κ2) is 8.84. The highest BCUT2D eigenvalue weighted by Gasteiger charge is 2.37. The van der Waals surface area contributed by atoms with Crippen molar-refractivity contribution in [2.24, 2.45) is 0 Å². The average Bonchev–Trinajstić information content (AvgIpc) is 2.97. The lowest BCUT2D eigenvalue weighted by atomic mass is 9.91. The van der Waals surface area contributed by atoms with Gasteiger partial charge < -0.3 is 14.8 Å². The molecule has 1 fully saturated rings. The van der Waals surface area contributed by atoms with Gasteiger partial charge in [-0.1, -0.05) is 18.2 Å². The highest BCUT2D eigenvalue weighted by atomic mass is 19.4. The lowest BCUT2D eigenvalue weighted by Gasteiger charge is -2.33. The number of methoxy groups -OCH3 is 2. The van der Waals surface area contributed by atoms with Crippen LogP contribution >= 0.6 is 0 Å². The van der Waals surface area contributed by atoms with E-state index in [1.165, 1.54) is 13.2 Å². The van der Waals surface area contributed by atoms with Crippen molar-refractivity contribution in [1.82, 2.24) is 10.2 Å². The summed E-state index contributed by atoms with van der Waals surface area (Å²) < 4.78 is 52.2. The average molecular weight is 394 g/mol. The highest BCUT2D eigenvalue weighted by molar-refractivity contribution is 5.48. The summed E-state index contributed by atoms with van der Waals surface area (Å²) in [5.41, 5.74) is 0.317.